The first-order chi connectivity index (χ1) is 7.64. The van der Waals surface area contributed by atoms with E-state index in [-0.39, 0.29) is 17.5 Å². The Hall–Kier alpha value is -0.570. The van der Waals surface area contributed by atoms with Gasteiger partial charge in [0, 0.05) is 5.41 Å². The number of carbonyl (C=O) groups is 1. The van der Waals surface area contributed by atoms with Crippen LogP contribution in [0, 0.1) is 11.3 Å². The number of rotatable bonds is 5. The molecule has 0 bridgehead atoms. The molecule has 1 saturated heterocycles. The Kier molecular flexibility index (Phi) is 4.23. The number of esters is 1. The van der Waals surface area contributed by atoms with E-state index in [1.807, 2.05) is 6.92 Å². The highest BCUT2D eigenvalue weighted by Gasteiger charge is 2.42. The van der Waals surface area contributed by atoms with Gasteiger partial charge in [-0.2, -0.15) is 0 Å². The molecule has 1 aliphatic rings. The van der Waals surface area contributed by atoms with Crippen molar-refractivity contribution >= 4 is 5.97 Å². The number of hydrogen-bond donors (Lipinski definition) is 0. The Morgan fingerprint density at radius 2 is 1.88 bits per heavy atom. The summed E-state index contributed by atoms with van der Waals surface area (Å²) in [5, 5.41) is 0. The number of ether oxygens (including phenoxy) is 2. The molecule has 0 N–H and O–H groups in total. The van der Waals surface area contributed by atoms with Crippen molar-refractivity contribution < 1.29 is 14.3 Å². The summed E-state index contributed by atoms with van der Waals surface area (Å²) in [6.07, 6.45) is 1.38. The second kappa shape index (κ2) is 4.97. The molecule has 0 amide bonds. The first-order valence-electron chi connectivity index (χ1n) is 6.47. The topological polar surface area (TPSA) is 38.8 Å². The summed E-state index contributed by atoms with van der Waals surface area (Å²) in [6.45, 7) is 13.4. The molecule has 1 rings (SSSR count). The quantitative estimate of drug-likeness (QED) is 0.549. The molecule has 0 aromatic rings. The lowest BCUT2D eigenvalue weighted by atomic mass is 9.73. The SMILES string of the molecule is CC(C)CC(C)(OC(=O)CC1CO1)C(C)(C)C. The van der Waals surface area contributed by atoms with Gasteiger partial charge in [0.15, 0.2) is 0 Å². The van der Waals surface area contributed by atoms with Gasteiger partial charge in [-0.05, 0) is 19.3 Å². The molecule has 1 fully saturated rings. The Labute approximate surface area is 105 Å². The third-order valence-electron chi connectivity index (χ3n) is 3.52. The summed E-state index contributed by atoms with van der Waals surface area (Å²) in [6, 6.07) is 0. The fourth-order valence-electron chi connectivity index (χ4n) is 1.94. The fraction of sp³-hybridized carbons (Fsp3) is 0.929. The molecule has 0 radical (unpaired) electrons. The molecule has 3 heteroatoms. The zero-order valence-corrected chi connectivity index (χ0v) is 12.0. The van der Waals surface area contributed by atoms with E-state index in [0.717, 1.165) is 6.42 Å². The lowest BCUT2D eigenvalue weighted by Gasteiger charge is -2.42. The average Bonchev–Trinajstić information content (AvgIpc) is 2.83. The van der Waals surface area contributed by atoms with Crippen molar-refractivity contribution in [2.45, 2.75) is 66.1 Å². The van der Waals surface area contributed by atoms with Crippen molar-refractivity contribution in [2.75, 3.05) is 6.61 Å². The third kappa shape index (κ3) is 4.30. The van der Waals surface area contributed by atoms with Gasteiger partial charge in [-0.3, -0.25) is 4.79 Å². The van der Waals surface area contributed by atoms with Gasteiger partial charge >= 0.3 is 5.97 Å². The molecular formula is C14H26O3. The molecule has 3 nitrogen and oxygen atoms in total. The fourth-order valence-corrected chi connectivity index (χ4v) is 1.94. The highest BCUT2D eigenvalue weighted by atomic mass is 16.6. The molecule has 0 aromatic heterocycles. The molecule has 17 heavy (non-hydrogen) atoms. The minimum Gasteiger partial charge on any atom is -0.459 e. The van der Waals surface area contributed by atoms with E-state index < -0.39 is 5.60 Å². The zero-order valence-electron chi connectivity index (χ0n) is 12.0. The Bertz CT molecular complexity index is 274. The van der Waals surface area contributed by atoms with Crippen LogP contribution in [0.5, 0.6) is 0 Å². The smallest absolute Gasteiger partial charge is 0.309 e. The van der Waals surface area contributed by atoms with Crippen LogP contribution in [-0.2, 0) is 14.3 Å². The highest BCUT2D eigenvalue weighted by molar-refractivity contribution is 5.71. The van der Waals surface area contributed by atoms with E-state index in [1.165, 1.54) is 0 Å². The summed E-state index contributed by atoms with van der Waals surface area (Å²) in [5.41, 5.74) is -0.468. The molecule has 2 atom stereocenters. The molecule has 0 spiro atoms. The molecule has 0 aromatic carbocycles. The monoisotopic (exact) mass is 242 g/mol. The minimum atomic E-state index is -0.410. The van der Waals surface area contributed by atoms with E-state index in [0.29, 0.717) is 18.9 Å². The normalized spacial score (nSPS) is 23.4. The highest BCUT2D eigenvalue weighted by Crippen LogP contribution is 2.39. The van der Waals surface area contributed by atoms with Gasteiger partial charge in [-0.15, -0.1) is 0 Å². The number of epoxide rings is 1. The van der Waals surface area contributed by atoms with E-state index in [2.05, 4.69) is 34.6 Å². The van der Waals surface area contributed by atoms with E-state index in [4.69, 9.17) is 9.47 Å². The maximum Gasteiger partial charge on any atom is 0.309 e. The summed E-state index contributed by atoms with van der Waals surface area (Å²) >= 11 is 0. The molecule has 2 unspecified atom stereocenters. The van der Waals surface area contributed by atoms with Crippen LogP contribution in [0.4, 0.5) is 0 Å². The van der Waals surface area contributed by atoms with Crippen LogP contribution in [0.2, 0.25) is 0 Å². The molecular weight excluding hydrogens is 216 g/mol. The van der Waals surface area contributed by atoms with Gasteiger partial charge in [-0.1, -0.05) is 34.6 Å². The first-order valence-corrected chi connectivity index (χ1v) is 6.47. The van der Waals surface area contributed by atoms with Crippen LogP contribution in [0.1, 0.15) is 54.4 Å². The van der Waals surface area contributed by atoms with Crippen molar-refractivity contribution in [1.82, 2.24) is 0 Å². The first kappa shape index (κ1) is 14.5. The molecule has 0 aliphatic carbocycles. The number of hydrogen-bond acceptors (Lipinski definition) is 3. The van der Waals surface area contributed by atoms with Gasteiger partial charge in [0.1, 0.15) is 5.60 Å². The second-order valence-electron chi connectivity index (χ2n) is 6.71. The van der Waals surface area contributed by atoms with Crippen LogP contribution in [0.15, 0.2) is 0 Å². The predicted octanol–water partition coefficient (Wildman–Crippen LogP) is 3.17. The summed E-state index contributed by atoms with van der Waals surface area (Å²) in [4.78, 5) is 11.8. The largest absolute Gasteiger partial charge is 0.459 e. The molecule has 1 aliphatic heterocycles. The van der Waals surface area contributed by atoms with Gasteiger partial charge in [-0.25, -0.2) is 0 Å². The summed E-state index contributed by atoms with van der Waals surface area (Å²) < 4.78 is 10.8. The standard InChI is InChI=1S/C14H26O3/c1-10(2)8-14(6,13(3,4)5)17-12(15)7-11-9-16-11/h10-11H,7-9H2,1-6H3. The van der Waals surface area contributed by atoms with E-state index >= 15 is 0 Å². The number of carbonyl (C=O) groups excluding carboxylic acids is 1. The van der Waals surface area contributed by atoms with Gasteiger partial charge in [0.25, 0.3) is 0 Å². The third-order valence-corrected chi connectivity index (χ3v) is 3.52. The Morgan fingerprint density at radius 1 is 1.35 bits per heavy atom. The molecule has 1 heterocycles. The van der Waals surface area contributed by atoms with Gasteiger partial charge < -0.3 is 9.47 Å². The zero-order chi connectivity index (χ0) is 13.3. The van der Waals surface area contributed by atoms with E-state index in [9.17, 15) is 4.79 Å². The van der Waals surface area contributed by atoms with Gasteiger partial charge in [0.05, 0.1) is 19.1 Å². The van der Waals surface area contributed by atoms with E-state index in [1.54, 1.807) is 0 Å². The summed E-state index contributed by atoms with van der Waals surface area (Å²) in [7, 11) is 0. The maximum atomic E-state index is 11.8. The van der Waals surface area contributed by atoms with Crippen molar-refractivity contribution in [3.05, 3.63) is 0 Å². The Balaban J connectivity index is 2.64. The average molecular weight is 242 g/mol. The van der Waals surface area contributed by atoms with Crippen molar-refractivity contribution in [3.8, 4) is 0 Å². The summed E-state index contributed by atoms with van der Waals surface area (Å²) in [5.74, 6) is 0.370. The Morgan fingerprint density at radius 3 is 2.24 bits per heavy atom. The maximum absolute atomic E-state index is 11.8. The van der Waals surface area contributed by atoms with Crippen LogP contribution in [-0.4, -0.2) is 24.3 Å². The second-order valence-corrected chi connectivity index (χ2v) is 6.71. The van der Waals surface area contributed by atoms with Crippen LogP contribution < -0.4 is 0 Å². The molecule has 0 saturated carbocycles. The lowest BCUT2D eigenvalue weighted by Crippen LogP contribution is -2.45. The minimum absolute atomic E-state index is 0.0582. The van der Waals surface area contributed by atoms with Crippen LogP contribution in [0.25, 0.3) is 0 Å². The molecule has 100 valence electrons. The lowest BCUT2D eigenvalue weighted by molar-refractivity contribution is -0.173. The van der Waals surface area contributed by atoms with Crippen LogP contribution in [0.3, 0.4) is 0 Å². The van der Waals surface area contributed by atoms with Crippen LogP contribution >= 0.6 is 0 Å². The van der Waals surface area contributed by atoms with Crippen molar-refractivity contribution in [1.29, 1.82) is 0 Å². The van der Waals surface area contributed by atoms with Crippen molar-refractivity contribution in [3.63, 3.8) is 0 Å². The van der Waals surface area contributed by atoms with Gasteiger partial charge in [0.2, 0.25) is 0 Å². The van der Waals surface area contributed by atoms with Crippen molar-refractivity contribution in [2.24, 2.45) is 11.3 Å². The predicted molar refractivity (Wildman–Crippen MR) is 67.8 cm³/mol.